The van der Waals surface area contributed by atoms with Crippen LogP contribution in [-0.2, 0) is 19.5 Å². The summed E-state index contributed by atoms with van der Waals surface area (Å²) in [5.74, 6) is 1.66. The lowest BCUT2D eigenvalue weighted by atomic mass is 10.2. The van der Waals surface area contributed by atoms with Gasteiger partial charge in [0.05, 0.1) is 18.4 Å². The van der Waals surface area contributed by atoms with E-state index in [0.717, 1.165) is 30.3 Å². The smallest absolute Gasteiger partial charge is 0.208 e. The fourth-order valence-electron chi connectivity index (χ4n) is 1.58. The van der Waals surface area contributed by atoms with E-state index >= 15 is 0 Å². The first-order valence-corrected chi connectivity index (χ1v) is 5.84. The van der Waals surface area contributed by atoms with E-state index < -0.39 is 0 Å². The molecule has 4 heteroatoms. The van der Waals surface area contributed by atoms with E-state index in [1.165, 1.54) is 5.56 Å². The maximum absolute atomic E-state index is 5.51. The predicted molar refractivity (Wildman–Crippen MR) is 65.4 cm³/mol. The SMILES string of the molecule is CCc1cnc(CNCc2ncccc2C)o1. The number of nitrogens with one attached hydrogen (secondary N) is 1. The summed E-state index contributed by atoms with van der Waals surface area (Å²) in [5.41, 5.74) is 2.26. The molecular formula is C13H17N3O. The van der Waals surface area contributed by atoms with Crippen LogP contribution in [0.3, 0.4) is 0 Å². The maximum atomic E-state index is 5.51. The molecule has 90 valence electrons. The monoisotopic (exact) mass is 231 g/mol. The largest absolute Gasteiger partial charge is 0.444 e. The average molecular weight is 231 g/mol. The molecular weight excluding hydrogens is 214 g/mol. The number of hydrogen-bond donors (Lipinski definition) is 1. The fraction of sp³-hybridized carbons (Fsp3) is 0.385. The van der Waals surface area contributed by atoms with Crippen molar-refractivity contribution in [3.63, 3.8) is 0 Å². The van der Waals surface area contributed by atoms with Gasteiger partial charge in [0.25, 0.3) is 0 Å². The molecule has 0 saturated heterocycles. The Hall–Kier alpha value is -1.68. The average Bonchev–Trinajstić information content (AvgIpc) is 2.80. The summed E-state index contributed by atoms with van der Waals surface area (Å²) in [7, 11) is 0. The van der Waals surface area contributed by atoms with Gasteiger partial charge in [-0.2, -0.15) is 0 Å². The van der Waals surface area contributed by atoms with Crippen LogP contribution in [0.25, 0.3) is 0 Å². The first-order chi connectivity index (χ1) is 8.29. The van der Waals surface area contributed by atoms with Crippen molar-refractivity contribution < 1.29 is 4.42 Å². The highest BCUT2D eigenvalue weighted by atomic mass is 16.4. The third-order valence-electron chi connectivity index (χ3n) is 2.64. The van der Waals surface area contributed by atoms with Gasteiger partial charge >= 0.3 is 0 Å². The molecule has 0 saturated carbocycles. The number of aryl methyl sites for hydroxylation is 2. The van der Waals surface area contributed by atoms with E-state index in [1.807, 2.05) is 12.3 Å². The number of oxazole rings is 1. The lowest BCUT2D eigenvalue weighted by Gasteiger charge is -2.04. The highest BCUT2D eigenvalue weighted by Crippen LogP contribution is 2.05. The van der Waals surface area contributed by atoms with Crippen molar-refractivity contribution in [1.29, 1.82) is 0 Å². The quantitative estimate of drug-likeness (QED) is 0.857. The van der Waals surface area contributed by atoms with Crippen molar-refractivity contribution in [2.75, 3.05) is 0 Å². The summed E-state index contributed by atoms with van der Waals surface area (Å²) in [6.45, 7) is 5.48. The molecule has 0 radical (unpaired) electrons. The second-order valence-corrected chi connectivity index (χ2v) is 3.94. The molecule has 2 aromatic heterocycles. The van der Waals surface area contributed by atoms with Gasteiger partial charge < -0.3 is 9.73 Å². The van der Waals surface area contributed by atoms with E-state index in [9.17, 15) is 0 Å². The molecule has 0 atom stereocenters. The van der Waals surface area contributed by atoms with Gasteiger partial charge in [0.1, 0.15) is 5.76 Å². The molecule has 2 rings (SSSR count). The highest BCUT2D eigenvalue weighted by molar-refractivity contribution is 5.17. The van der Waals surface area contributed by atoms with Crippen LogP contribution < -0.4 is 5.32 Å². The Balaban J connectivity index is 1.85. The number of nitrogens with zero attached hydrogens (tertiary/aromatic N) is 2. The number of hydrogen-bond acceptors (Lipinski definition) is 4. The third kappa shape index (κ3) is 3.14. The predicted octanol–water partition coefficient (Wildman–Crippen LogP) is 2.23. The van der Waals surface area contributed by atoms with Crippen LogP contribution >= 0.6 is 0 Å². The van der Waals surface area contributed by atoms with Gasteiger partial charge in [-0.1, -0.05) is 13.0 Å². The molecule has 17 heavy (non-hydrogen) atoms. The molecule has 0 fully saturated rings. The summed E-state index contributed by atoms with van der Waals surface area (Å²) in [4.78, 5) is 8.51. The minimum absolute atomic E-state index is 0.635. The van der Waals surface area contributed by atoms with Crippen LogP contribution in [0, 0.1) is 6.92 Å². The summed E-state index contributed by atoms with van der Waals surface area (Å²) in [6.07, 6.45) is 4.47. The molecule has 2 aromatic rings. The Labute approximate surface area is 101 Å². The van der Waals surface area contributed by atoms with Crippen LogP contribution in [0.15, 0.2) is 28.9 Å². The molecule has 1 N–H and O–H groups in total. The molecule has 0 aliphatic rings. The highest BCUT2D eigenvalue weighted by Gasteiger charge is 2.03. The molecule has 0 spiro atoms. The maximum Gasteiger partial charge on any atom is 0.208 e. The Bertz CT molecular complexity index is 479. The van der Waals surface area contributed by atoms with Gasteiger partial charge in [0.15, 0.2) is 0 Å². The normalized spacial score (nSPS) is 10.7. The van der Waals surface area contributed by atoms with Gasteiger partial charge in [-0.15, -0.1) is 0 Å². The minimum atomic E-state index is 0.635. The molecule has 0 aliphatic carbocycles. The lowest BCUT2D eigenvalue weighted by molar-refractivity contribution is 0.438. The number of rotatable bonds is 5. The molecule has 0 aliphatic heterocycles. The Morgan fingerprint density at radius 1 is 1.29 bits per heavy atom. The molecule has 2 heterocycles. The molecule has 0 unspecified atom stereocenters. The van der Waals surface area contributed by atoms with Crippen molar-refractivity contribution in [3.05, 3.63) is 47.4 Å². The molecule has 4 nitrogen and oxygen atoms in total. The van der Waals surface area contributed by atoms with Crippen LogP contribution in [0.5, 0.6) is 0 Å². The van der Waals surface area contributed by atoms with Crippen molar-refractivity contribution in [1.82, 2.24) is 15.3 Å². The van der Waals surface area contributed by atoms with Crippen LogP contribution in [0.2, 0.25) is 0 Å². The molecule has 0 bridgehead atoms. The number of pyridine rings is 1. The fourth-order valence-corrected chi connectivity index (χ4v) is 1.58. The summed E-state index contributed by atoms with van der Waals surface area (Å²) >= 11 is 0. The van der Waals surface area contributed by atoms with Gasteiger partial charge in [-0.25, -0.2) is 4.98 Å². The van der Waals surface area contributed by atoms with Gasteiger partial charge in [-0.3, -0.25) is 4.98 Å². The van der Waals surface area contributed by atoms with Crippen LogP contribution in [-0.4, -0.2) is 9.97 Å². The van der Waals surface area contributed by atoms with Crippen LogP contribution in [0.4, 0.5) is 0 Å². The molecule has 0 aromatic carbocycles. The number of aromatic nitrogens is 2. The van der Waals surface area contributed by atoms with Crippen molar-refractivity contribution in [2.24, 2.45) is 0 Å². The van der Waals surface area contributed by atoms with Gasteiger partial charge in [0, 0.05) is 19.2 Å². The zero-order valence-electron chi connectivity index (χ0n) is 10.2. The van der Waals surface area contributed by atoms with Crippen molar-refractivity contribution in [2.45, 2.75) is 33.4 Å². The lowest BCUT2D eigenvalue weighted by Crippen LogP contribution is -2.14. The third-order valence-corrected chi connectivity index (χ3v) is 2.64. The summed E-state index contributed by atoms with van der Waals surface area (Å²) in [5, 5.41) is 3.28. The van der Waals surface area contributed by atoms with Gasteiger partial charge in [0.2, 0.25) is 5.89 Å². The summed E-state index contributed by atoms with van der Waals surface area (Å²) in [6, 6.07) is 4.00. The topological polar surface area (TPSA) is 51.0 Å². The van der Waals surface area contributed by atoms with E-state index in [4.69, 9.17) is 4.42 Å². The molecule has 0 amide bonds. The Morgan fingerprint density at radius 3 is 2.88 bits per heavy atom. The second-order valence-electron chi connectivity index (χ2n) is 3.94. The van der Waals surface area contributed by atoms with E-state index in [0.29, 0.717) is 6.54 Å². The Morgan fingerprint density at radius 2 is 2.18 bits per heavy atom. The first-order valence-electron chi connectivity index (χ1n) is 5.84. The van der Waals surface area contributed by atoms with E-state index in [-0.39, 0.29) is 0 Å². The van der Waals surface area contributed by atoms with Gasteiger partial charge in [-0.05, 0) is 18.6 Å². The zero-order chi connectivity index (χ0) is 12.1. The van der Waals surface area contributed by atoms with Crippen LogP contribution in [0.1, 0.15) is 29.8 Å². The van der Waals surface area contributed by atoms with E-state index in [2.05, 4.69) is 35.2 Å². The minimum Gasteiger partial charge on any atom is -0.444 e. The second kappa shape index (κ2) is 5.59. The summed E-state index contributed by atoms with van der Waals surface area (Å²) < 4.78 is 5.51. The van der Waals surface area contributed by atoms with Crippen molar-refractivity contribution >= 4 is 0 Å². The first kappa shape index (κ1) is 11.8. The zero-order valence-corrected chi connectivity index (χ0v) is 10.2. The Kier molecular flexibility index (Phi) is 3.88. The van der Waals surface area contributed by atoms with E-state index in [1.54, 1.807) is 6.20 Å². The standard InChI is InChI=1S/C13H17N3O/c1-3-11-7-16-13(17-11)9-14-8-12-10(2)5-4-6-15-12/h4-7,14H,3,8-9H2,1-2H3. The van der Waals surface area contributed by atoms with Crippen molar-refractivity contribution in [3.8, 4) is 0 Å².